The number of pyridine rings is 1. The number of nitrogens with one attached hydrogen (secondary N) is 1. The first-order chi connectivity index (χ1) is 16.8. The van der Waals surface area contributed by atoms with Crippen LogP contribution in [-0.2, 0) is 9.53 Å². The third kappa shape index (κ3) is 3.90. The number of aromatic nitrogens is 1. The Balaban J connectivity index is 1.30. The monoisotopic (exact) mass is 471 g/mol. The van der Waals surface area contributed by atoms with E-state index in [9.17, 15) is 19.5 Å². The lowest BCUT2D eigenvalue weighted by molar-refractivity contribution is -0.156. The van der Waals surface area contributed by atoms with Crippen molar-refractivity contribution >= 4 is 23.7 Å². The Morgan fingerprint density at radius 3 is 2.26 bits per heavy atom. The van der Waals surface area contributed by atoms with Crippen molar-refractivity contribution in [1.82, 2.24) is 9.88 Å². The number of amides is 2. The van der Waals surface area contributed by atoms with E-state index >= 15 is 0 Å². The smallest absolute Gasteiger partial charge is 0.411 e. The third-order valence-electron chi connectivity index (χ3n) is 6.72. The Kier molecular flexibility index (Phi) is 5.51. The fourth-order valence-electron chi connectivity index (χ4n) is 5.14. The van der Waals surface area contributed by atoms with Crippen molar-refractivity contribution in [2.45, 2.75) is 25.8 Å². The van der Waals surface area contributed by atoms with Gasteiger partial charge in [0.2, 0.25) is 0 Å². The molecule has 1 atom stereocenters. The van der Waals surface area contributed by atoms with Crippen molar-refractivity contribution < 1.29 is 24.2 Å². The number of carbonyl (C=O) groups is 3. The summed E-state index contributed by atoms with van der Waals surface area (Å²) in [6, 6.07) is 18.3. The minimum Gasteiger partial charge on any atom is -0.480 e. The summed E-state index contributed by atoms with van der Waals surface area (Å²) in [7, 11) is 0. The van der Waals surface area contributed by atoms with Crippen LogP contribution in [0.15, 0.2) is 66.9 Å². The maximum absolute atomic E-state index is 13.1. The molecule has 8 heteroatoms. The van der Waals surface area contributed by atoms with E-state index in [0.29, 0.717) is 0 Å². The van der Waals surface area contributed by atoms with Gasteiger partial charge in [0.25, 0.3) is 5.91 Å². The number of anilines is 1. The fourth-order valence-corrected chi connectivity index (χ4v) is 5.14. The van der Waals surface area contributed by atoms with Gasteiger partial charge in [-0.1, -0.05) is 62.4 Å². The van der Waals surface area contributed by atoms with Gasteiger partial charge in [0.15, 0.2) is 5.69 Å². The molecule has 0 radical (unpaired) electrons. The predicted octanol–water partition coefficient (Wildman–Crippen LogP) is 4.38. The minimum atomic E-state index is -1.07. The van der Waals surface area contributed by atoms with E-state index in [1.54, 1.807) is 26.0 Å². The van der Waals surface area contributed by atoms with Crippen LogP contribution >= 0.6 is 0 Å². The van der Waals surface area contributed by atoms with E-state index in [-0.39, 0.29) is 30.5 Å². The molecule has 178 valence electrons. The number of fused-ring (bicyclic) bond motifs is 3. The molecule has 0 spiro atoms. The highest BCUT2D eigenvalue weighted by Crippen LogP contribution is 2.44. The van der Waals surface area contributed by atoms with Crippen LogP contribution in [0.4, 0.5) is 10.5 Å². The van der Waals surface area contributed by atoms with Crippen LogP contribution in [0.25, 0.3) is 11.1 Å². The van der Waals surface area contributed by atoms with Crippen molar-refractivity contribution in [1.29, 1.82) is 0 Å². The number of ether oxygens (including phenoxy) is 1. The van der Waals surface area contributed by atoms with Gasteiger partial charge >= 0.3 is 12.1 Å². The van der Waals surface area contributed by atoms with E-state index < -0.39 is 29.4 Å². The summed E-state index contributed by atoms with van der Waals surface area (Å²) >= 11 is 0. The summed E-state index contributed by atoms with van der Waals surface area (Å²) in [6.07, 6.45) is 0.712. The third-order valence-corrected chi connectivity index (χ3v) is 6.72. The van der Waals surface area contributed by atoms with Gasteiger partial charge in [-0.2, -0.15) is 0 Å². The highest BCUT2D eigenvalue weighted by atomic mass is 16.5. The van der Waals surface area contributed by atoms with E-state index in [1.807, 2.05) is 36.4 Å². The van der Waals surface area contributed by atoms with Crippen LogP contribution in [0, 0.1) is 5.41 Å². The van der Waals surface area contributed by atoms with Crippen molar-refractivity contribution in [2.75, 3.05) is 18.5 Å². The highest BCUT2D eigenvalue weighted by molar-refractivity contribution is 6.03. The molecule has 35 heavy (non-hydrogen) atoms. The fraction of sp³-hybridized carbons (Fsp3) is 0.259. The number of carboxylic acids is 1. The molecule has 3 aromatic rings. The van der Waals surface area contributed by atoms with Crippen molar-refractivity contribution in [3.63, 3.8) is 0 Å². The van der Waals surface area contributed by atoms with Crippen molar-refractivity contribution in [3.05, 3.63) is 83.7 Å². The SMILES string of the molecule is CC1(C)CN(C(=O)c2ncccc2NC(=O)OCC2c3ccccc3-c3ccccc32)C1C(=O)O. The first-order valence-electron chi connectivity index (χ1n) is 11.4. The van der Waals surface area contributed by atoms with Crippen LogP contribution in [0.1, 0.15) is 41.4 Å². The molecule has 1 saturated heterocycles. The molecule has 2 aromatic carbocycles. The summed E-state index contributed by atoms with van der Waals surface area (Å²) < 4.78 is 5.57. The Morgan fingerprint density at radius 1 is 1.03 bits per heavy atom. The number of benzene rings is 2. The molecule has 1 aliphatic carbocycles. The number of nitrogens with zero attached hydrogens (tertiary/aromatic N) is 2. The normalized spacial score (nSPS) is 17.7. The zero-order valence-corrected chi connectivity index (χ0v) is 19.4. The van der Waals surface area contributed by atoms with Crippen molar-refractivity contribution in [3.8, 4) is 11.1 Å². The van der Waals surface area contributed by atoms with Gasteiger partial charge in [0.1, 0.15) is 12.6 Å². The summed E-state index contributed by atoms with van der Waals surface area (Å²) in [4.78, 5) is 42.9. The van der Waals surface area contributed by atoms with Gasteiger partial charge in [-0.05, 0) is 34.4 Å². The summed E-state index contributed by atoms with van der Waals surface area (Å²) in [5.41, 5.74) is 4.05. The number of carboxylic acid groups (broad SMARTS) is 1. The van der Waals surface area contributed by atoms with Gasteiger partial charge in [-0.15, -0.1) is 0 Å². The molecule has 2 heterocycles. The average molecular weight is 472 g/mol. The van der Waals surface area contributed by atoms with Gasteiger partial charge in [0.05, 0.1) is 5.69 Å². The average Bonchev–Trinajstić information content (AvgIpc) is 3.15. The highest BCUT2D eigenvalue weighted by Gasteiger charge is 2.53. The molecule has 8 nitrogen and oxygen atoms in total. The molecule has 0 saturated carbocycles. The Hall–Kier alpha value is -4.20. The molecule has 2 aliphatic rings. The Bertz CT molecular complexity index is 1290. The number of likely N-dealkylation sites (tertiary alicyclic amines) is 1. The van der Waals surface area contributed by atoms with Gasteiger partial charge in [-0.25, -0.2) is 14.6 Å². The summed E-state index contributed by atoms with van der Waals surface area (Å²) in [5.74, 6) is -1.72. The van der Waals surface area contributed by atoms with E-state index in [1.165, 1.54) is 11.1 Å². The van der Waals surface area contributed by atoms with E-state index in [4.69, 9.17) is 4.74 Å². The number of aliphatic carboxylic acids is 1. The van der Waals surface area contributed by atoms with Crippen LogP contribution < -0.4 is 5.32 Å². The second-order valence-corrected chi connectivity index (χ2v) is 9.51. The van der Waals surface area contributed by atoms with Crippen LogP contribution in [0.5, 0.6) is 0 Å². The van der Waals surface area contributed by atoms with Crippen LogP contribution in [-0.4, -0.2) is 52.2 Å². The number of hydrogen-bond acceptors (Lipinski definition) is 5. The zero-order valence-electron chi connectivity index (χ0n) is 19.4. The van der Waals surface area contributed by atoms with E-state index in [2.05, 4.69) is 22.4 Å². The van der Waals surface area contributed by atoms with Gasteiger partial charge < -0.3 is 14.7 Å². The topological polar surface area (TPSA) is 109 Å². The van der Waals surface area contributed by atoms with Crippen molar-refractivity contribution in [2.24, 2.45) is 5.41 Å². The molecule has 1 aliphatic heterocycles. The number of carbonyl (C=O) groups excluding carboxylic acids is 2. The van der Waals surface area contributed by atoms with Crippen LogP contribution in [0.2, 0.25) is 0 Å². The maximum Gasteiger partial charge on any atom is 0.411 e. The molecule has 2 amide bonds. The summed E-state index contributed by atoms with van der Waals surface area (Å²) in [6.45, 7) is 4.00. The maximum atomic E-state index is 13.1. The standard InChI is InChI=1S/C27H25N3O5/c1-27(2)15-30(23(27)25(32)33)24(31)22-21(12-7-13-28-22)29-26(34)35-14-20-18-10-5-3-8-16(18)17-9-4-6-11-19(17)20/h3-13,20,23H,14-15H2,1-2H3,(H,29,34)(H,32,33). The van der Waals surface area contributed by atoms with Gasteiger partial charge in [0, 0.05) is 24.1 Å². The Labute approximate surface area is 202 Å². The molecule has 1 aromatic heterocycles. The second kappa shape index (κ2) is 8.54. The molecule has 5 rings (SSSR count). The number of rotatable bonds is 5. The lowest BCUT2D eigenvalue weighted by Crippen LogP contribution is -2.67. The van der Waals surface area contributed by atoms with Crippen LogP contribution in [0.3, 0.4) is 0 Å². The van der Waals surface area contributed by atoms with E-state index in [0.717, 1.165) is 22.3 Å². The molecular weight excluding hydrogens is 446 g/mol. The molecule has 2 N–H and O–H groups in total. The van der Waals surface area contributed by atoms with Gasteiger partial charge in [-0.3, -0.25) is 10.1 Å². The largest absolute Gasteiger partial charge is 0.480 e. The first-order valence-corrected chi connectivity index (χ1v) is 11.4. The molecular formula is C27H25N3O5. The second-order valence-electron chi connectivity index (χ2n) is 9.51. The number of hydrogen-bond donors (Lipinski definition) is 2. The predicted molar refractivity (Wildman–Crippen MR) is 129 cm³/mol. The Morgan fingerprint density at radius 2 is 1.66 bits per heavy atom. The molecule has 1 unspecified atom stereocenters. The lowest BCUT2D eigenvalue weighted by atomic mass is 9.74. The quantitative estimate of drug-likeness (QED) is 0.572. The minimum absolute atomic E-state index is 0.0252. The molecule has 0 bridgehead atoms. The summed E-state index contributed by atoms with van der Waals surface area (Å²) in [5, 5.41) is 12.2. The lowest BCUT2D eigenvalue weighted by Gasteiger charge is -2.51. The molecule has 1 fully saturated rings. The zero-order chi connectivity index (χ0) is 24.7. The first kappa shape index (κ1) is 22.6.